The first kappa shape index (κ1) is 47.1. The van der Waals surface area contributed by atoms with Gasteiger partial charge in [-0.2, -0.15) is 4.31 Å². The van der Waals surface area contributed by atoms with Gasteiger partial charge in [-0.1, -0.05) is 91.7 Å². The summed E-state index contributed by atoms with van der Waals surface area (Å²) < 4.78 is 53.8. The zero-order valence-electron chi connectivity index (χ0n) is 38.0. The number of aryl methyl sites for hydroxylation is 1. The van der Waals surface area contributed by atoms with Crippen LogP contribution in [-0.4, -0.2) is 76.8 Å². The number of nitrogens with zero attached hydrogens (tertiary/aromatic N) is 4. The topological polar surface area (TPSA) is 153 Å². The van der Waals surface area contributed by atoms with Gasteiger partial charge >= 0.3 is 0 Å². The van der Waals surface area contributed by atoms with Gasteiger partial charge in [0.15, 0.2) is 0 Å². The minimum atomic E-state index is -4.30. The van der Waals surface area contributed by atoms with Crippen LogP contribution in [0.5, 0.6) is 11.5 Å². The van der Waals surface area contributed by atoms with E-state index in [1.807, 2.05) is 86.6 Å². The monoisotopic (exact) mass is 914 g/mol. The molecule has 3 aliphatic rings. The number of fused-ring (bicyclic) bond motifs is 3. The largest absolute Gasteiger partial charge is 0.487 e. The summed E-state index contributed by atoms with van der Waals surface area (Å²) >= 11 is 0. The predicted molar refractivity (Wildman–Crippen MR) is 255 cm³/mol. The Bertz CT molecular complexity index is 2620. The molecule has 0 spiro atoms. The molecule has 2 N–H and O–H groups in total. The summed E-state index contributed by atoms with van der Waals surface area (Å²) in [6, 6.07) is 29.5. The number of hydrogen-bond acceptors (Lipinski definition) is 11. The highest BCUT2D eigenvalue weighted by atomic mass is 32.2. The van der Waals surface area contributed by atoms with E-state index in [0.717, 1.165) is 53.8 Å². The average molecular weight is 915 g/mol. The van der Waals surface area contributed by atoms with E-state index in [1.54, 1.807) is 34.8 Å². The molecule has 0 unspecified atom stereocenters. The third-order valence-electron chi connectivity index (χ3n) is 13.2. The molecule has 8 rings (SSSR count). The molecule has 12 nitrogen and oxygen atoms in total. The summed E-state index contributed by atoms with van der Waals surface area (Å²) in [6.07, 6.45) is 10.7. The number of oxime groups is 1. The van der Waals surface area contributed by atoms with Gasteiger partial charge in [0.25, 0.3) is 0 Å². The molecule has 3 aromatic carbocycles. The second-order valence-electron chi connectivity index (χ2n) is 17.5. The number of unbranched alkanes of at least 4 members (excludes halogenated alkanes) is 2. The van der Waals surface area contributed by atoms with E-state index < -0.39 is 27.8 Å². The second-order valence-corrected chi connectivity index (χ2v) is 19.4. The van der Waals surface area contributed by atoms with E-state index >= 15 is 8.42 Å². The minimum Gasteiger partial charge on any atom is -0.487 e. The Morgan fingerprint density at radius 1 is 0.939 bits per heavy atom. The van der Waals surface area contributed by atoms with Gasteiger partial charge in [0.2, 0.25) is 15.8 Å². The fourth-order valence-electron chi connectivity index (χ4n) is 10.4. The molecule has 6 atom stereocenters. The molecule has 348 valence electrons. The minimum absolute atomic E-state index is 0.00391. The Balaban J connectivity index is 1.35. The van der Waals surface area contributed by atoms with Crippen molar-refractivity contribution >= 4 is 26.6 Å². The smallest absolute Gasteiger partial charge is 0.245 e. The van der Waals surface area contributed by atoms with E-state index in [9.17, 15) is 10.2 Å². The molecule has 0 radical (unpaired) electrons. The van der Waals surface area contributed by atoms with Crippen LogP contribution in [0.25, 0.3) is 10.9 Å². The zero-order chi connectivity index (χ0) is 46.1. The Morgan fingerprint density at radius 2 is 1.73 bits per heavy atom. The second kappa shape index (κ2) is 21.5. The van der Waals surface area contributed by atoms with Crippen LogP contribution in [0.15, 0.2) is 138 Å². The van der Waals surface area contributed by atoms with E-state index in [-0.39, 0.29) is 68.6 Å². The number of pyridine rings is 2. The molecule has 13 heteroatoms. The quantitative estimate of drug-likeness (QED) is 0.0390. The van der Waals surface area contributed by atoms with Crippen molar-refractivity contribution in [2.75, 3.05) is 26.4 Å². The van der Waals surface area contributed by atoms with Crippen molar-refractivity contribution in [1.82, 2.24) is 14.3 Å². The van der Waals surface area contributed by atoms with Crippen LogP contribution in [0, 0.1) is 24.7 Å². The van der Waals surface area contributed by atoms with E-state index in [2.05, 4.69) is 28.7 Å². The van der Waals surface area contributed by atoms with Gasteiger partial charge in [0.1, 0.15) is 29.6 Å². The molecule has 0 amide bonds. The van der Waals surface area contributed by atoms with Crippen molar-refractivity contribution in [1.29, 1.82) is 0 Å². The van der Waals surface area contributed by atoms with Crippen molar-refractivity contribution in [3.63, 3.8) is 0 Å². The zero-order valence-corrected chi connectivity index (χ0v) is 38.8. The number of para-hydroxylation sites is 1. The maximum Gasteiger partial charge on any atom is 0.245 e. The first-order valence-electron chi connectivity index (χ1n) is 23.4. The molecule has 5 aromatic rings. The molecule has 2 aliphatic carbocycles. The Labute approximate surface area is 389 Å². The Morgan fingerprint density at radius 3 is 2.50 bits per heavy atom. The number of rotatable bonds is 22. The number of sulfonamides is 1. The van der Waals surface area contributed by atoms with Crippen molar-refractivity contribution in [3.05, 3.63) is 150 Å². The highest BCUT2D eigenvalue weighted by molar-refractivity contribution is 7.89. The third kappa shape index (κ3) is 9.82. The van der Waals surface area contributed by atoms with Gasteiger partial charge in [-0.15, -0.1) is 6.58 Å². The van der Waals surface area contributed by atoms with Crippen molar-refractivity contribution in [3.8, 4) is 11.5 Å². The summed E-state index contributed by atoms with van der Waals surface area (Å²) in [5, 5.41) is 25.7. The number of allylic oxidation sites excluding steroid dienone is 1. The van der Waals surface area contributed by atoms with Gasteiger partial charge in [0.05, 0.1) is 35.5 Å². The maximum atomic E-state index is 15.6. The normalized spacial score (nSPS) is 22.9. The van der Waals surface area contributed by atoms with Crippen molar-refractivity contribution < 1.29 is 37.7 Å². The molecule has 1 aliphatic heterocycles. The number of ether oxygens (including phenoxy) is 3. The van der Waals surface area contributed by atoms with E-state index in [1.165, 1.54) is 0 Å². The maximum absolute atomic E-state index is 15.6. The first-order valence-corrected chi connectivity index (χ1v) is 24.8. The number of aliphatic hydroxyl groups excluding tert-OH is 2. The number of aromatic nitrogens is 2. The van der Waals surface area contributed by atoms with Crippen LogP contribution in [-0.2, 0) is 32.8 Å². The molecular formula is C53H62N4O8S. The lowest BCUT2D eigenvalue weighted by atomic mass is 9.55. The standard InChI is InChI=1S/C53H62N4O8S/c1-4-28-57(66(60,61)48-24-14-20-39-21-15-27-54-52(39)48)49-34-46(56-64-35-38-17-7-6-8-18-38)44-32-40(19-9-11-29-58)43(23-10-12-30-59)50-45-33-42(62-36-41-22-13-16-37(3)55-41)25-26-47(45)65-53(49,51(44)50)63-31-5-2/h5-8,13-18,20-22,24-27,32-33,40,43,49-51,58-59H,2,4,9-12,19,23,28-31,34-36H2,1,3H3/t40-,43+,49-,50+,51+,53+/m0/s1. The van der Waals surface area contributed by atoms with Gasteiger partial charge < -0.3 is 29.3 Å². The number of benzene rings is 3. The molecule has 0 bridgehead atoms. The lowest BCUT2D eigenvalue weighted by Crippen LogP contribution is -2.70. The van der Waals surface area contributed by atoms with Gasteiger partial charge in [-0.25, -0.2) is 8.42 Å². The Hall–Kier alpha value is -5.44. The highest BCUT2D eigenvalue weighted by Crippen LogP contribution is 2.62. The summed E-state index contributed by atoms with van der Waals surface area (Å²) in [6.45, 7) is 8.85. The van der Waals surface area contributed by atoms with Crippen LogP contribution in [0.3, 0.4) is 0 Å². The molecular weight excluding hydrogens is 853 g/mol. The average Bonchev–Trinajstić information content (AvgIpc) is 3.33. The SMILES string of the molecule is C=CCO[C@@]12Oc3ccc(OCc4cccc(C)n4)cc3[C@H]3[C@H](CCCCO)[C@@H](CCCCO)C=C(C(=NOCc4ccccc4)C[C@@H]1N(CCC)S(=O)(=O)c1cccc4cccnc14)[C@H]32. The van der Waals surface area contributed by atoms with Crippen LogP contribution in [0.4, 0.5) is 0 Å². The molecule has 66 heavy (non-hydrogen) atoms. The van der Waals surface area contributed by atoms with Crippen LogP contribution in [0.1, 0.15) is 86.7 Å². The van der Waals surface area contributed by atoms with E-state index in [0.29, 0.717) is 47.4 Å². The van der Waals surface area contributed by atoms with Crippen molar-refractivity contribution in [2.45, 2.75) is 101 Å². The van der Waals surface area contributed by atoms with E-state index in [4.69, 9.17) is 24.2 Å². The first-order chi connectivity index (χ1) is 32.2. The molecule has 0 saturated heterocycles. The lowest BCUT2D eigenvalue weighted by Gasteiger charge is -2.59. The van der Waals surface area contributed by atoms with Crippen molar-refractivity contribution in [2.24, 2.45) is 22.9 Å². The fraction of sp³-hybridized carbons (Fsp3) is 0.415. The third-order valence-corrected chi connectivity index (χ3v) is 15.1. The molecule has 1 saturated carbocycles. The van der Waals surface area contributed by atoms with Gasteiger partial charge in [-0.3, -0.25) is 9.97 Å². The predicted octanol–water partition coefficient (Wildman–Crippen LogP) is 9.45. The molecule has 3 heterocycles. The summed E-state index contributed by atoms with van der Waals surface area (Å²) in [5.41, 5.74) is 5.48. The highest BCUT2D eigenvalue weighted by Gasteiger charge is 2.66. The van der Waals surface area contributed by atoms with Gasteiger partial charge in [0, 0.05) is 54.9 Å². The lowest BCUT2D eigenvalue weighted by molar-refractivity contribution is -0.251. The van der Waals surface area contributed by atoms with Crippen LogP contribution in [0.2, 0.25) is 0 Å². The Kier molecular flexibility index (Phi) is 15.3. The summed E-state index contributed by atoms with van der Waals surface area (Å²) in [5.74, 6) is -1.19. The van der Waals surface area contributed by atoms with Crippen LogP contribution >= 0.6 is 0 Å². The number of hydrogen-bond donors (Lipinski definition) is 2. The summed E-state index contributed by atoms with van der Waals surface area (Å²) in [7, 11) is -4.30. The van der Waals surface area contributed by atoms with Crippen LogP contribution < -0.4 is 9.47 Å². The molecule has 2 aromatic heterocycles. The summed E-state index contributed by atoms with van der Waals surface area (Å²) in [4.78, 5) is 15.6. The van der Waals surface area contributed by atoms with Gasteiger partial charge in [-0.05, 0) is 104 Å². The number of aliphatic hydroxyl groups is 2. The molecule has 1 fully saturated rings. The fourth-order valence-corrected chi connectivity index (χ4v) is 12.3.